The van der Waals surface area contributed by atoms with E-state index >= 15 is 0 Å². The molecule has 6 nitrogen and oxygen atoms in total. The van der Waals surface area contributed by atoms with E-state index in [0.717, 1.165) is 18.1 Å². The van der Waals surface area contributed by atoms with Gasteiger partial charge in [-0.3, -0.25) is 0 Å². The van der Waals surface area contributed by atoms with E-state index < -0.39 is 23.3 Å². The first kappa shape index (κ1) is 18.7. The quantitative estimate of drug-likeness (QED) is 0.334. The molecule has 2 unspecified atom stereocenters. The molecule has 1 aliphatic heterocycles. The SMILES string of the molecule is N#COSc1ncnn1CC1(c2ccc(F)cc2F)OC1c1ccccc1Cl. The molecule has 0 radical (unpaired) electrons. The van der Waals surface area contributed by atoms with Crippen LogP contribution >= 0.6 is 23.6 Å². The van der Waals surface area contributed by atoms with E-state index in [-0.39, 0.29) is 17.3 Å². The summed E-state index contributed by atoms with van der Waals surface area (Å²) in [5, 5.41) is 13.4. The Morgan fingerprint density at radius 2 is 2.14 bits per heavy atom. The van der Waals surface area contributed by atoms with Crippen LogP contribution in [0.1, 0.15) is 17.2 Å². The third-order valence-electron chi connectivity index (χ3n) is 4.39. The maximum Gasteiger partial charge on any atom is 0.300 e. The van der Waals surface area contributed by atoms with Gasteiger partial charge in [0.25, 0.3) is 6.26 Å². The normalized spacial score (nSPS) is 20.6. The molecule has 4 rings (SSSR count). The zero-order valence-electron chi connectivity index (χ0n) is 14.1. The van der Waals surface area contributed by atoms with Gasteiger partial charge in [0.2, 0.25) is 5.16 Å². The van der Waals surface area contributed by atoms with Crippen LogP contribution in [-0.2, 0) is 21.1 Å². The van der Waals surface area contributed by atoms with Gasteiger partial charge < -0.3 is 8.92 Å². The lowest BCUT2D eigenvalue weighted by atomic mass is 9.91. The number of epoxide rings is 1. The number of aromatic nitrogens is 3. The molecule has 0 bridgehead atoms. The topological polar surface area (TPSA) is 76.3 Å². The van der Waals surface area contributed by atoms with Gasteiger partial charge in [-0.05, 0) is 12.1 Å². The number of rotatable bonds is 6. The van der Waals surface area contributed by atoms with E-state index in [9.17, 15) is 8.78 Å². The Hall–Kier alpha value is -2.67. The molecule has 2 atom stereocenters. The van der Waals surface area contributed by atoms with Crippen LogP contribution in [0.2, 0.25) is 5.02 Å². The number of ether oxygens (including phenoxy) is 1. The van der Waals surface area contributed by atoms with Gasteiger partial charge >= 0.3 is 0 Å². The highest BCUT2D eigenvalue weighted by atomic mass is 35.5. The zero-order valence-corrected chi connectivity index (χ0v) is 15.6. The van der Waals surface area contributed by atoms with Gasteiger partial charge in [0, 0.05) is 22.2 Å². The number of benzene rings is 2. The Kier molecular flexibility index (Phi) is 4.93. The summed E-state index contributed by atoms with van der Waals surface area (Å²) in [5.74, 6) is -1.43. The largest absolute Gasteiger partial charge is 0.354 e. The molecule has 0 spiro atoms. The Bertz CT molecular complexity index is 1070. The Morgan fingerprint density at radius 3 is 2.89 bits per heavy atom. The van der Waals surface area contributed by atoms with E-state index in [2.05, 4.69) is 14.3 Å². The second-order valence-corrected chi connectivity index (χ2v) is 7.10. The van der Waals surface area contributed by atoms with Crippen molar-refractivity contribution < 1.29 is 17.7 Å². The van der Waals surface area contributed by atoms with Crippen LogP contribution in [0, 0.1) is 23.2 Å². The molecule has 10 heteroatoms. The predicted octanol–water partition coefficient (Wildman–Crippen LogP) is 4.38. The highest BCUT2D eigenvalue weighted by Crippen LogP contribution is 2.59. The fourth-order valence-electron chi connectivity index (χ4n) is 3.13. The Morgan fingerprint density at radius 1 is 1.32 bits per heavy atom. The van der Waals surface area contributed by atoms with Crippen LogP contribution in [0.25, 0.3) is 0 Å². The van der Waals surface area contributed by atoms with Gasteiger partial charge in [0.15, 0.2) is 0 Å². The average molecular weight is 421 g/mol. The summed E-state index contributed by atoms with van der Waals surface area (Å²) in [4.78, 5) is 4.01. The summed E-state index contributed by atoms with van der Waals surface area (Å²) in [5.41, 5.74) is -0.319. The van der Waals surface area contributed by atoms with Crippen molar-refractivity contribution in [1.82, 2.24) is 14.8 Å². The maximum atomic E-state index is 14.6. The second-order valence-electron chi connectivity index (χ2n) is 5.99. The first-order valence-corrected chi connectivity index (χ1v) is 9.15. The van der Waals surface area contributed by atoms with Crippen molar-refractivity contribution in [3.05, 3.63) is 76.6 Å². The maximum absolute atomic E-state index is 14.6. The lowest BCUT2D eigenvalue weighted by Gasteiger charge is -2.16. The molecule has 142 valence electrons. The average Bonchev–Trinajstić information content (AvgIpc) is 3.21. The molecule has 1 saturated heterocycles. The molecule has 0 aliphatic carbocycles. The summed E-state index contributed by atoms with van der Waals surface area (Å²) in [6.07, 6.45) is 2.25. The van der Waals surface area contributed by atoms with E-state index in [4.69, 9.17) is 21.6 Å². The molecule has 1 aliphatic rings. The van der Waals surface area contributed by atoms with Crippen molar-refractivity contribution in [1.29, 1.82) is 5.26 Å². The van der Waals surface area contributed by atoms with Crippen LogP contribution in [0.5, 0.6) is 0 Å². The van der Waals surface area contributed by atoms with Crippen molar-refractivity contribution in [2.45, 2.75) is 23.4 Å². The zero-order chi connectivity index (χ0) is 19.7. The van der Waals surface area contributed by atoms with Crippen LogP contribution in [0.3, 0.4) is 0 Å². The molecular formula is C18H11ClF2N4O2S. The monoisotopic (exact) mass is 420 g/mol. The molecule has 2 heterocycles. The third kappa shape index (κ3) is 3.30. The van der Waals surface area contributed by atoms with Gasteiger partial charge in [-0.25, -0.2) is 18.4 Å². The van der Waals surface area contributed by atoms with E-state index in [1.807, 2.05) is 0 Å². The summed E-state index contributed by atoms with van der Waals surface area (Å²) in [7, 11) is 0. The third-order valence-corrected chi connectivity index (χ3v) is 5.35. The van der Waals surface area contributed by atoms with Crippen LogP contribution < -0.4 is 0 Å². The van der Waals surface area contributed by atoms with Crippen LogP contribution in [0.4, 0.5) is 8.78 Å². The minimum absolute atomic E-state index is 0.0581. The molecule has 1 fully saturated rings. The number of halogens is 3. The highest BCUT2D eigenvalue weighted by Gasteiger charge is 2.61. The fourth-order valence-corrected chi connectivity index (χ4v) is 3.76. The predicted molar refractivity (Wildman–Crippen MR) is 95.9 cm³/mol. The molecular weight excluding hydrogens is 410 g/mol. The van der Waals surface area contributed by atoms with Crippen LogP contribution in [-0.4, -0.2) is 14.8 Å². The lowest BCUT2D eigenvalue weighted by Crippen LogP contribution is -2.22. The molecule has 1 aromatic heterocycles. The van der Waals surface area contributed by atoms with Crippen molar-refractivity contribution in [2.24, 2.45) is 0 Å². The number of nitrogens with zero attached hydrogens (tertiary/aromatic N) is 4. The van der Waals surface area contributed by atoms with Gasteiger partial charge in [-0.1, -0.05) is 35.9 Å². The minimum Gasteiger partial charge on any atom is -0.354 e. The van der Waals surface area contributed by atoms with E-state index in [1.165, 1.54) is 29.4 Å². The van der Waals surface area contributed by atoms with E-state index in [0.29, 0.717) is 10.6 Å². The summed E-state index contributed by atoms with van der Waals surface area (Å²) >= 11 is 7.01. The highest BCUT2D eigenvalue weighted by molar-refractivity contribution is 7.94. The number of hydrogen-bond acceptors (Lipinski definition) is 6. The van der Waals surface area contributed by atoms with Gasteiger partial charge in [0.05, 0.1) is 6.54 Å². The first-order chi connectivity index (χ1) is 13.5. The van der Waals surface area contributed by atoms with Crippen LogP contribution in [0.15, 0.2) is 53.9 Å². The fraction of sp³-hybridized carbons (Fsp3) is 0.167. The Labute approximate surface area is 167 Å². The smallest absolute Gasteiger partial charge is 0.300 e. The van der Waals surface area contributed by atoms with Crippen molar-refractivity contribution >= 4 is 23.6 Å². The lowest BCUT2D eigenvalue weighted by molar-refractivity contribution is 0.250. The molecule has 0 N–H and O–H groups in total. The van der Waals surface area contributed by atoms with Gasteiger partial charge in [0.1, 0.15) is 41.7 Å². The molecule has 28 heavy (non-hydrogen) atoms. The summed E-state index contributed by atoms with van der Waals surface area (Å²) < 4.78 is 40.1. The van der Waals surface area contributed by atoms with Gasteiger partial charge in [-0.2, -0.15) is 5.10 Å². The number of nitriles is 1. The molecule has 3 aromatic rings. The number of hydrogen-bond donors (Lipinski definition) is 0. The standard InChI is InChI=1S/C18H11ClF2N4O2S/c19-14-4-2-1-3-12(14)16-18(27-16,13-6-5-11(20)7-15(13)21)8-25-17(23-10-24-25)28-26-9-22/h1-7,10,16H,8H2. The summed E-state index contributed by atoms with van der Waals surface area (Å²) in [6.45, 7) is 0.0581. The van der Waals surface area contributed by atoms with Crippen molar-refractivity contribution in [3.63, 3.8) is 0 Å². The second kappa shape index (κ2) is 7.39. The molecule has 2 aromatic carbocycles. The van der Waals surface area contributed by atoms with Crippen molar-refractivity contribution in [2.75, 3.05) is 0 Å². The summed E-state index contributed by atoms with van der Waals surface area (Å²) in [6, 6.07) is 10.4. The van der Waals surface area contributed by atoms with E-state index in [1.54, 1.807) is 24.3 Å². The molecule has 0 amide bonds. The van der Waals surface area contributed by atoms with Gasteiger partial charge in [-0.15, -0.1) is 5.26 Å². The van der Waals surface area contributed by atoms with Crippen molar-refractivity contribution in [3.8, 4) is 6.26 Å². The Balaban J connectivity index is 1.75. The minimum atomic E-state index is -1.17. The first-order valence-electron chi connectivity index (χ1n) is 8.03. The molecule has 0 saturated carbocycles.